The van der Waals surface area contributed by atoms with E-state index < -0.39 is 30.2 Å². The van der Waals surface area contributed by atoms with Gasteiger partial charge >= 0.3 is 11.9 Å². The summed E-state index contributed by atoms with van der Waals surface area (Å²) < 4.78 is 16.0. The molecule has 0 aliphatic rings. The Labute approximate surface area is 174 Å². The molecule has 0 aliphatic heterocycles. The van der Waals surface area contributed by atoms with Crippen LogP contribution in [0, 0.1) is 10.5 Å². The zero-order chi connectivity index (χ0) is 20.8. The van der Waals surface area contributed by atoms with Gasteiger partial charge in [-0.1, -0.05) is 12.1 Å². The maximum atomic E-state index is 12.2. The number of amides is 1. The number of furan rings is 1. The smallest absolute Gasteiger partial charge is 0.344 e. The third-order valence-corrected chi connectivity index (χ3v) is 4.54. The summed E-state index contributed by atoms with van der Waals surface area (Å²) in [5.74, 6) is -2.65. The van der Waals surface area contributed by atoms with Gasteiger partial charge in [-0.25, -0.2) is 9.59 Å². The van der Waals surface area contributed by atoms with Crippen molar-refractivity contribution in [2.75, 3.05) is 18.5 Å². The highest BCUT2D eigenvalue weighted by Crippen LogP contribution is 2.28. The second-order valence-corrected chi connectivity index (χ2v) is 6.78. The SMILES string of the molecule is CCOC(=O)c1c(NC(=O)COC(=O)c2ccccc2I)oc(C)c1C(C)=O. The van der Waals surface area contributed by atoms with Crippen LogP contribution in [0.2, 0.25) is 0 Å². The van der Waals surface area contributed by atoms with E-state index in [0.717, 1.165) is 0 Å². The van der Waals surface area contributed by atoms with Crippen LogP contribution in [0.15, 0.2) is 28.7 Å². The second kappa shape index (κ2) is 9.49. The Bertz CT molecular complexity index is 932. The largest absolute Gasteiger partial charge is 0.462 e. The van der Waals surface area contributed by atoms with Gasteiger partial charge in [-0.2, -0.15) is 0 Å². The van der Waals surface area contributed by atoms with Crippen molar-refractivity contribution >= 4 is 52.1 Å². The summed E-state index contributed by atoms with van der Waals surface area (Å²) in [5, 5.41) is 2.35. The molecule has 0 saturated carbocycles. The molecule has 9 heteroatoms. The van der Waals surface area contributed by atoms with Gasteiger partial charge in [-0.3, -0.25) is 14.9 Å². The van der Waals surface area contributed by atoms with E-state index in [0.29, 0.717) is 9.13 Å². The molecule has 0 aliphatic carbocycles. The highest BCUT2D eigenvalue weighted by atomic mass is 127. The Morgan fingerprint density at radius 3 is 2.36 bits per heavy atom. The van der Waals surface area contributed by atoms with Crippen LogP contribution >= 0.6 is 22.6 Å². The van der Waals surface area contributed by atoms with Crippen molar-refractivity contribution in [1.82, 2.24) is 0 Å². The molecule has 0 radical (unpaired) electrons. The van der Waals surface area contributed by atoms with Gasteiger partial charge in [-0.05, 0) is 55.5 Å². The van der Waals surface area contributed by atoms with E-state index in [1.807, 2.05) is 22.6 Å². The van der Waals surface area contributed by atoms with E-state index in [4.69, 9.17) is 13.9 Å². The number of ether oxygens (including phenoxy) is 2. The van der Waals surface area contributed by atoms with Crippen molar-refractivity contribution < 1.29 is 33.1 Å². The van der Waals surface area contributed by atoms with Gasteiger partial charge in [0.15, 0.2) is 12.4 Å². The standard InChI is InChI=1S/C19H18INO7/c1-4-26-19(25)16-15(10(2)22)11(3)28-17(16)21-14(23)9-27-18(24)12-7-5-6-8-13(12)20/h5-8H,4,9H2,1-3H3,(H,21,23). The van der Waals surface area contributed by atoms with E-state index >= 15 is 0 Å². The summed E-state index contributed by atoms with van der Waals surface area (Å²) in [7, 11) is 0. The molecule has 0 unspecified atom stereocenters. The predicted molar refractivity (Wildman–Crippen MR) is 107 cm³/mol. The lowest BCUT2D eigenvalue weighted by Gasteiger charge is -2.08. The van der Waals surface area contributed by atoms with E-state index in [1.54, 1.807) is 31.2 Å². The molecule has 1 amide bonds. The minimum Gasteiger partial charge on any atom is -0.462 e. The van der Waals surface area contributed by atoms with Crippen LogP contribution in [0.5, 0.6) is 0 Å². The van der Waals surface area contributed by atoms with Crippen molar-refractivity contribution in [3.05, 3.63) is 50.3 Å². The average Bonchev–Trinajstić information content (AvgIpc) is 2.96. The van der Waals surface area contributed by atoms with E-state index in [1.165, 1.54) is 13.8 Å². The van der Waals surface area contributed by atoms with Gasteiger partial charge in [0.05, 0.1) is 17.7 Å². The zero-order valence-corrected chi connectivity index (χ0v) is 17.6. The van der Waals surface area contributed by atoms with Crippen LogP contribution in [0.4, 0.5) is 5.88 Å². The number of nitrogens with one attached hydrogen (secondary N) is 1. The number of hydrogen-bond donors (Lipinski definition) is 1. The number of aryl methyl sites for hydroxylation is 1. The lowest BCUT2D eigenvalue weighted by Crippen LogP contribution is -2.22. The summed E-state index contributed by atoms with van der Waals surface area (Å²) in [6.07, 6.45) is 0. The number of anilines is 1. The molecular formula is C19H18INO7. The number of esters is 2. The van der Waals surface area contributed by atoms with Crippen molar-refractivity contribution in [3.8, 4) is 0 Å². The molecule has 2 aromatic rings. The molecular weight excluding hydrogens is 481 g/mol. The number of ketones is 1. The van der Waals surface area contributed by atoms with E-state index in [2.05, 4.69) is 5.32 Å². The second-order valence-electron chi connectivity index (χ2n) is 5.62. The molecule has 148 valence electrons. The molecule has 0 atom stereocenters. The third-order valence-electron chi connectivity index (χ3n) is 3.60. The lowest BCUT2D eigenvalue weighted by atomic mass is 10.1. The summed E-state index contributed by atoms with van der Waals surface area (Å²) >= 11 is 1.98. The lowest BCUT2D eigenvalue weighted by molar-refractivity contribution is -0.119. The monoisotopic (exact) mass is 499 g/mol. The molecule has 28 heavy (non-hydrogen) atoms. The quantitative estimate of drug-likeness (QED) is 0.353. The number of rotatable bonds is 7. The van der Waals surface area contributed by atoms with E-state index in [-0.39, 0.29) is 29.4 Å². The van der Waals surface area contributed by atoms with Crippen molar-refractivity contribution in [3.63, 3.8) is 0 Å². The topological polar surface area (TPSA) is 112 Å². The van der Waals surface area contributed by atoms with Gasteiger partial charge in [-0.15, -0.1) is 0 Å². The molecule has 0 fully saturated rings. The minimum atomic E-state index is -0.796. The van der Waals surface area contributed by atoms with Crippen molar-refractivity contribution in [2.45, 2.75) is 20.8 Å². The Hall–Kier alpha value is -2.69. The molecule has 0 spiro atoms. The first-order valence-corrected chi connectivity index (χ1v) is 9.37. The van der Waals surface area contributed by atoms with Gasteiger partial charge in [0.1, 0.15) is 11.3 Å². The maximum Gasteiger partial charge on any atom is 0.344 e. The average molecular weight is 499 g/mol. The van der Waals surface area contributed by atoms with Gasteiger partial charge in [0.25, 0.3) is 5.91 Å². The van der Waals surface area contributed by atoms with Crippen LogP contribution in [0.3, 0.4) is 0 Å². The number of carbonyl (C=O) groups is 4. The van der Waals surface area contributed by atoms with Crippen LogP contribution in [0.25, 0.3) is 0 Å². The molecule has 0 bridgehead atoms. The molecule has 8 nitrogen and oxygen atoms in total. The summed E-state index contributed by atoms with van der Waals surface area (Å²) in [4.78, 5) is 48.3. The van der Waals surface area contributed by atoms with Crippen LogP contribution in [-0.4, -0.2) is 36.8 Å². The van der Waals surface area contributed by atoms with E-state index in [9.17, 15) is 19.2 Å². The normalized spacial score (nSPS) is 10.3. The van der Waals surface area contributed by atoms with Crippen molar-refractivity contribution in [2.24, 2.45) is 0 Å². The first-order valence-electron chi connectivity index (χ1n) is 8.29. The number of Topliss-reactive ketones (excluding diaryl/α,β-unsaturated/α-hetero) is 1. The molecule has 1 N–H and O–H groups in total. The molecule has 2 rings (SSSR count). The minimum absolute atomic E-state index is 0.0320. The molecule has 1 aromatic carbocycles. The predicted octanol–water partition coefficient (Wildman–Crippen LogP) is 3.37. The number of benzene rings is 1. The zero-order valence-electron chi connectivity index (χ0n) is 15.5. The first kappa shape index (κ1) is 21.6. The van der Waals surface area contributed by atoms with Gasteiger partial charge in [0, 0.05) is 3.57 Å². The number of carbonyl (C=O) groups excluding carboxylic acids is 4. The Morgan fingerprint density at radius 1 is 1.07 bits per heavy atom. The fraction of sp³-hybridized carbons (Fsp3) is 0.263. The molecule has 1 aromatic heterocycles. The summed E-state index contributed by atoms with van der Waals surface area (Å²) in [6, 6.07) is 6.76. The molecule has 1 heterocycles. The third kappa shape index (κ3) is 4.97. The Balaban J connectivity index is 2.14. The highest BCUT2D eigenvalue weighted by Gasteiger charge is 2.29. The van der Waals surface area contributed by atoms with Gasteiger partial charge < -0.3 is 13.9 Å². The van der Waals surface area contributed by atoms with Gasteiger partial charge in [0.2, 0.25) is 5.88 Å². The highest BCUT2D eigenvalue weighted by molar-refractivity contribution is 14.1. The summed E-state index contributed by atoms with van der Waals surface area (Å²) in [6.45, 7) is 3.87. The fourth-order valence-electron chi connectivity index (χ4n) is 2.45. The van der Waals surface area contributed by atoms with Crippen LogP contribution < -0.4 is 5.32 Å². The summed E-state index contributed by atoms with van der Waals surface area (Å²) in [5.41, 5.74) is 0.199. The maximum absolute atomic E-state index is 12.2. The Morgan fingerprint density at radius 2 is 1.75 bits per heavy atom. The van der Waals surface area contributed by atoms with Crippen molar-refractivity contribution in [1.29, 1.82) is 0 Å². The Kier molecular flexibility index (Phi) is 7.32. The van der Waals surface area contributed by atoms with Crippen LogP contribution in [0.1, 0.15) is 50.7 Å². The fourth-order valence-corrected chi connectivity index (χ4v) is 3.06. The molecule has 0 saturated heterocycles. The number of hydrogen-bond acceptors (Lipinski definition) is 7. The first-order chi connectivity index (χ1) is 13.3. The van der Waals surface area contributed by atoms with Crippen LogP contribution in [-0.2, 0) is 14.3 Å². The number of halogens is 1.